The van der Waals surface area contributed by atoms with Gasteiger partial charge in [-0.05, 0) is 25.0 Å². The number of hydrogen-bond acceptors (Lipinski definition) is 5. The highest BCUT2D eigenvalue weighted by Gasteiger charge is 2.43. The summed E-state index contributed by atoms with van der Waals surface area (Å²) in [5.41, 5.74) is 2.86. The Morgan fingerprint density at radius 3 is 3.00 bits per heavy atom. The van der Waals surface area contributed by atoms with Gasteiger partial charge in [-0.25, -0.2) is 14.8 Å². The van der Waals surface area contributed by atoms with Crippen molar-refractivity contribution in [2.45, 2.75) is 31.3 Å². The molecule has 3 aliphatic rings. The molecular weight excluding hydrogens is 320 g/mol. The summed E-state index contributed by atoms with van der Waals surface area (Å²) in [5.74, 6) is 1.39. The molecule has 2 aromatic rings. The summed E-state index contributed by atoms with van der Waals surface area (Å²) in [4.78, 5) is 23.4. The van der Waals surface area contributed by atoms with Crippen LogP contribution in [0.4, 0.5) is 10.5 Å². The van der Waals surface area contributed by atoms with Gasteiger partial charge in [0.15, 0.2) is 11.5 Å². The maximum Gasteiger partial charge on any atom is 0.322 e. The Balaban J connectivity index is 1.39. The number of ether oxygens (including phenoxy) is 2. The average Bonchev–Trinajstić information content (AvgIpc) is 2.97. The first-order valence-electron chi connectivity index (χ1n) is 8.57. The van der Waals surface area contributed by atoms with Crippen molar-refractivity contribution in [2.24, 2.45) is 0 Å². The highest BCUT2D eigenvalue weighted by Crippen LogP contribution is 2.43. The van der Waals surface area contributed by atoms with Crippen LogP contribution in [0.5, 0.6) is 11.5 Å². The third-order valence-electron chi connectivity index (χ3n) is 5.15. The van der Waals surface area contributed by atoms with E-state index in [1.165, 1.54) is 0 Å². The number of urea groups is 1. The number of carbonyl (C=O) groups is 1. The molecule has 2 atom stereocenters. The number of carbonyl (C=O) groups excluding carboxylic acids is 1. The molecular formula is C18H18N4O3. The molecule has 1 fully saturated rings. The van der Waals surface area contributed by atoms with Crippen LogP contribution in [0.1, 0.15) is 30.1 Å². The molecule has 7 nitrogen and oxygen atoms in total. The predicted molar refractivity (Wildman–Crippen MR) is 89.8 cm³/mol. The standard InChI is InChI=1S/C18H18N4O3/c23-18(21-11-1-4-16-17(7-11)25-6-5-24-16)22-12-2-3-15(22)13-9-19-10-20-14(13)8-12/h1,4,7,9-10,12,15H,2-3,5-6,8H2,(H,21,23)/t12-,15+/m0/s1. The van der Waals surface area contributed by atoms with Gasteiger partial charge in [0.2, 0.25) is 0 Å². The maximum atomic E-state index is 12.9. The van der Waals surface area contributed by atoms with Crippen molar-refractivity contribution in [2.75, 3.05) is 18.5 Å². The van der Waals surface area contributed by atoms with Crippen molar-refractivity contribution in [3.05, 3.63) is 42.0 Å². The lowest BCUT2D eigenvalue weighted by atomic mass is 10.00. The monoisotopic (exact) mass is 338 g/mol. The van der Waals surface area contributed by atoms with Crippen LogP contribution in [-0.2, 0) is 6.42 Å². The van der Waals surface area contributed by atoms with Crippen LogP contribution in [0.15, 0.2) is 30.7 Å². The molecule has 25 heavy (non-hydrogen) atoms. The predicted octanol–water partition coefficient (Wildman–Crippen LogP) is 2.54. The Hall–Kier alpha value is -2.83. The van der Waals surface area contributed by atoms with Gasteiger partial charge in [-0.2, -0.15) is 0 Å². The minimum atomic E-state index is -0.0846. The normalized spacial score (nSPS) is 23.1. The minimum absolute atomic E-state index is 0.0622. The van der Waals surface area contributed by atoms with Crippen LogP contribution in [-0.4, -0.2) is 40.2 Å². The second-order valence-electron chi connectivity index (χ2n) is 6.57. The van der Waals surface area contributed by atoms with E-state index in [0.717, 1.165) is 30.5 Å². The number of amides is 2. The largest absolute Gasteiger partial charge is 0.486 e. The third kappa shape index (κ3) is 2.38. The zero-order valence-electron chi connectivity index (χ0n) is 13.6. The molecule has 1 aromatic carbocycles. The van der Waals surface area contributed by atoms with Gasteiger partial charge in [-0.3, -0.25) is 0 Å². The first-order chi connectivity index (χ1) is 12.3. The molecule has 0 radical (unpaired) electrons. The summed E-state index contributed by atoms with van der Waals surface area (Å²) in [6.45, 7) is 1.08. The summed E-state index contributed by atoms with van der Waals surface area (Å²) in [5, 5.41) is 3.00. The van der Waals surface area contributed by atoms with Gasteiger partial charge in [0.25, 0.3) is 0 Å². The molecule has 7 heteroatoms. The third-order valence-corrected chi connectivity index (χ3v) is 5.15. The number of nitrogens with zero attached hydrogens (tertiary/aromatic N) is 3. The quantitative estimate of drug-likeness (QED) is 0.865. The highest BCUT2D eigenvalue weighted by molar-refractivity contribution is 5.90. The summed E-state index contributed by atoms with van der Waals surface area (Å²) in [6, 6.07) is 5.66. The molecule has 0 unspecified atom stereocenters. The molecule has 5 rings (SSSR count). The van der Waals surface area contributed by atoms with Crippen molar-refractivity contribution in [1.29, 1.82) is 0 Å². The molecule has 2 amide bonds. The average molecular weight is 338 g/mol. The summed E-state index contributed by atoms with van der Waals surface area (Å²) in [7, 11) is 0. The van der Waals surface area contributed by atoms with E-state index in [0.29, 0.717) is 30.4 Å². The molecule has 0 saturated carbocycles. The van der Waals surface area contributed by atoms with Crippen molar-refractivity contribution < 1.29 is 14.3 Å². The van der Waals surface area contributed by atoms with Crippen LogP contribution >= 0.6 is 0 Å². The molecule has 2 bridgehead atoms. The van der Waals surface area contributed by atoms with E-state index in [4.69, 9.17) is 9.47 Å². The number of benzene rings is 1. The second-order valence-corrected chi connectivity index (χ2v) is 6.57. The topological polar surface area (TPSA) is 76.6 Å². The van der Waals surface area contributed by atoms with Gasteiger partial charge >= 0.3 is 6.03 Å². The van der Waals surface area contributed by atoms with Crippen LogP contribution < -0.4 is 14.8 Å². The zero-order chi connectivity index (χ0) is 16.8. The van der Waals surface area contributed by atoms with E-state index in [9.17, 15) is 4.79 Å². The van der Waals surface area contributed by atoms with E-state index in [2.05, 4.69) is 15.3 Å². The Bertz CT molecular complexity index is 841. The van der Waals surface area contributed by atoms with Crippen molar-refractivity contribution in [3.63, 3.8) is 0 Å². The molecule has 0 spiro atoms. The van der Waals surface area contributed by atoms with Crippen LogP contribution in [0.3, 0.4) is 0 Å². The fourth-order valence-corrected chi connectivity index (χ4v) is 4.04. The van der Waals surface area contributed by atoms with E-state index in [1.807, 2.05) is 29.3 Å². The lowest BCUT2D eigenvalue weighted by molar-refractivity contribution is 0.171. The maximum absolute atomic E-state index is 12.9. The Morgan fingerprint density at radius 1 is 1.20 bits per heavy atom. The van der Waals surface area contributed by atoms with Crippen molar-refractivity contribution in [1.82, 2.24) is 14.9 Å². The molecule has 3 aliphatic heterocycles. The van der Waals surface area contributed by atoms with Gasteiger partial charge in [0, 0.05) is 36.0 Å². The van der Waals surface area contributed by atoms with Gasteiger partial charge < -0.3 is 19.7 Å². The second kappa shape index (κ2) is 5.61. The SMILES string of the molecule is O=C(Nc1ccc2c(c1)OCCO2)N1[C@H]2CC[C@@H]1c1cncnc1C2. The van der Waals surface area contributed by atoms with E-state index >= 15 is 0 Å². The molecule has 1 N–H and O–H groups in total. The Morgan fingerprint density at radius 2 is 2.08 bits per heavy atom. The number of anilines is 1. The van der Waals surface area contributed by atoms with Crippen molar-refractivity contribution in [3.8, 4) is 11.5 Å². The summed E-state index contributed by atoms with van der Waals surface area (Å²) < 4.78 is 11.1. The molecule has 4 heterocycles. The molecule has 1 saturated heterocycles. The van der Waals surface area contributed by atoms with Gasteiger partial charge in [0.05, 0.1) is 11.7 Å². The first-order valence-corrected chi connectivity index (χ1v) is 8.57. The fraction of sp³-hybridized carbons (Fsp3) is 0.389. The Labute approximate surface area is 145 Å². The number of rotatable bonds is 1. The van der Waals surface area contributed by atoms with Crippen LogP contribution in [0.25, 0.3) is 0 Å². The number of fused-ring (bicyclic) bond motifs is 5. The van der Waals surface area contributed by atoms with Crippen molar-refractivity contribution >= 4 is 11.7 Å². The van der Waals surface area contributed by atoms with Gasteiger partial charge in [-0.1, -0.05) is 0 Å². The van der Waals surface area contributed by atoms with Gasteiger partial charge in [-0.15, -0.1) is 0 Å². The first kappa shape index (κ1) is 14.5. The van der Waals surface area contributed by atoms with Crippen LogP contribution in [0, 0.1) is 0 Å². The minimum Gasteiger partial charge on any atom is -0.486 e. The smallest absolute Gasteiger partial charge is 0.322 e. The zero-order valence-corrected chi connectivity index (χ0v) is 13.6. The van der Waals surface area contributed by atoms with Crippen LogP contribution in [0.2, 0.25) is 0 Å². The van der Waals surface area contributed by atoms with E-state index in [-0.39, 0.29) is 18.1 Å². The lowest BCUT2D eigenvalue weighted by Gasteiger charge is -2.35. The summed E-state index contributed by atoms with van der Waals surface area (Å²) in [6.07, 6.45) is 6.18. The molecule has 1 aromatic heterocycles. The number of nitrogens with one attached hydrogen (secondary N) is 1. The molecule has 0 aliphatic carbocycles. The van der Waals surface area contributed by atoms with E-state index < -0.39 is 0 Å². The van der Waals surface area contributed by atoms with E-state index in [1.54, 1.807) is 6.33 Å². The fourth-order valence-electron chi connectivity index (χ4n) is 4.04. The van der Waals surface area contributed by atoms with Gasteiger partial charge in [0.1, 0.15) is 19.5 Å². The summed E-state index contributed by atoms with van der Waals surface area (Å²) >= 11 is 0. The number of hydrogen-bond donors (Lipinski definition) is 1. The highest BCUT2D eigenvalue weighted by atomic mass is 16.6. The Kier molecular flexibility index (Phi) is 3.26. The number of aromatic nitrogens is 2. The molecule has 128 valence electrons. The lowest BCUT2D eigenvalue weighted by Crippen LogP contribution is -2.44.